The second-order valence-corrected chi connectivity index (χ2v) is 5.82. The van der Waals surface area contributed by atoms with E-state index in [2.05, 4.69) is 20.7 Å². The van der Waals surface area contributed by atoms with Crippen LogP contribution in [0, 0.1) is 6.92 Å². The summed E-state index contributed by atoms with van der Waals surface area (Å²) in [5.41, 5.74) is 0.943. The molecule has 0 aliphatic heterocycles. The summed E-state index contributed by atoms with van der Waals surface area (Å²) in [7, 11) is -3.33. The van der Waals surface area contributed by atoms with Gasteiger partial charge < -0.3 is 0 Å². The van der Waals surface area contributed by atoms with Crippen LogP contribution in [-0.2, 0) is 10.0 Å². The first-order valence-corrected chi connectivity index (χ1v) is 7.29. The lowest BCUT2D eigenvalue weighted by atomic mass is 10.2. The van der Waals surface area contributed by atoms with E-state index in [0.29, 0.717) is 11.4 Å². The van der Waals surface area contributed by atoms with Gasteiger partial charge in [-0.3, -0.25) is 0 Å². The molecule has 15 heavy (non-hydrogen) atoms. The number of halogens is 1. The Labute approximate surface area is 99.1 Å². The Kier molecular flexibility index (Phi) is 4.76. The first-order chi connectivity index (χ1) is 7.06. The average molecular weight is 292 g/mol. The fraction of sp³-hybridized carbons (Fsp3) is 0.400. The molecule has 3 nitrogen and oxygen atoms in total. The van der Waals surface area contributed by atoms with Crippen molar-refractivity contribution in [3.63, 3.8) is 0 Å². The van der Waals surface area contributed by atoms with Gasteiger partial charge in [-0.15, -0.1) is 0 Å². The first-order valence-electron chi connectivity index (χ1n) is 4.68. The lowest BCUT2D eigenvalue weighted by molar-refractivity contribution is 0.581. The van der Waals surface area contributed by atoms with Crippen LogP contribution in [0.2, 0.25) is 0 Å². The van der Waals surface area contributed by atoms with Crippen molar-refractivity contribution in [1.29, 1.82) is 0 Å². The molecule has 1 aromatic carbocycles. The maximum Gasteiger partial charge on any atom is 0.240 e. The molecular weight excluding hydrogens is 278 g/mol. The molecular formula is C10H14BrNO2S. The van der Waals surface area contributed by atoms with E-state index >= 15 is 0 Å². The Morgan fingerprint density at radius 1 is 1.40 bits per heavy atom. The van der Waals surface area contributed by atoms with E-state index in [1.807, 2.05) is 13.0 Å². The Morgan fingerprint density at radius 3 is 2.73 bits per heavy atom. The van der Waals surface area contributed by atoms with E-state index in [0.717, 1.165) is 17.3 Å². The van der Waals surface area contributed by atoms with Gasteiger partial charge in [0.2, 0.25) is 10.0 Å². The fourth-order valence-corrected chi connectivity index (χ4v) is 2.60. The SMILES string of the molecule is Cc1cccc(S(=O)(=O)NCCCBr)c1. The predicted octanol–water partition coefficient (Wildman–Crippen LogP) is 2.06. The molecule has 0 amide bonds. The van der Waals surface area contributed by atoms with E-state index in [1.165, 1.54) is 0 Å². The van der Waals surface area contributed by atoms with Crippen molar-refractivity contribution in [2.45, 2.75) is 18.2 Å². The zero-order chi connectivity index (χ0) is 11.3. The average Bonchev–Trinajstić information content (AvgIpc) is 2.18. The lowest BCUT2D eigenvalue weighted by Crippen LogP contribution is -2.25. The van der Waals surface area contributed by atoms with Crippen LogP contribution in [0.3, 0.4) is 0 Å². The number of alkyl halides is 1. The van der Waals surface area contributed by atoms with Gasteiger partial charge in [0.25, 0.3) is 0 Å². The van der Waals surface area contributed by atoms with Crippen molar-refractivity contribution in [1.82, 2.24) is 4.72 Å². The highest BCUT2D eigenvalue weighted by Gasteiger charge is 2.12. The van der Waals surface area contributed by atoms with E-state index < -0.39 is 10.0 Å². The summed E-state index contributed by atoms with van der Waals surface area (Å²) in [6.07, 6.45) is 0.783. The summed E-state index contributed by atoms with van der Waals surface area (Å²) < 4.78 is 26.0. The fourth-order valence-electron chi connectivity index (χ4n) is 1.14. The maximum absolute atomic E-state index is 11.7. The molecule has 0 atom stereocenters. The van der Waals surface area contributed by atoms with Crippen LogP contribution in [0.15, 0.2) is 29.2 Å². The zero-order valence-corrected chi connectivity index (χ0v) is 10.9. The second kappa shape index (κ2) is 5.63. The minimum Gasteiger partial charge on any atom is -0.211 e. The van der Waals surface area contributed by atoms with Gasteiger partial charge in [0.1, 0.15) is 0 Å². The molecule has 0 unspecified atom stereocenters. The van der Waals surface area contributed by atoms with Crippen LogP contribution >= 0.6 is 15.9 Å². The van der Waals surface area contributed by atoms with Crippen molar-refractivity contribution < 1.29 is 8.42 Å². The molecule has 1 rings (SSSR count). The van der Waals surface area contributed by atoms with Crippen LogP contribution in [0.25, 0.3) is 0 Å². The third kappa shape index (κ3) is 3.93. The van der Waals surface area contributed by atoms with Crippen LogP contribution in [0.4, 0.5) is 0 Å². The molecule has 1 N–H and O–H groups in total. The smallest absolute Gasteiger partial charge is 0.211 e. The standard InChI is InChI=1S/C10H14BrNO2S/c1-9-4-2-5-10(8-9)15(13,14)12-7-3-6-11/h2,4-5,8,12H,3,6-7H2,1H3. The number of nitrogens with one attached hydrogen (secondary N) is 1. The van der Waals surface area contributed by atoms with Crippen LogP contribution in [0.1, 0.15) is 12.0 Å². The van der Waals surface area contributed by atoms with Gasteiger partial charge in [-0.1, -0.05) is 28.1 Å². The highest BCUT2D eigenvalue weighted by molar-refractivity contribution is 9.09. The van der Waals surface area contributed by atoms with Gasteiger partial charge in [-0.05, 0) is 31.0 Å². The van der Waals surface area contributed by atoms with Crippen LogP contribution in [0.5, 0.6) is 0 Å². The highest BCUT2D eigenvalue weighted by Crippen LogP contribution is 2.10. The summed E-state index contributed by atoms with van der Waals surface area (Å²) >= 11 is 3.25. The van der Waals surface area contributed by atoms with E-state index in [-0.39, 0.29) is 0 Å². The third-order valence-corrected chi connectivity index (χ3v) is 3.92. The molecule has 0 saturated heterocycles. The summed E-state index contributed by atoms with van der Waals surface area (Å²) in [6.45, 7) is 2.33. The molecule has 84 valence electrons. The molecule has 0 aromatic heterocycles. The topological polar surface area (TPSA) is 46.2 Å². The minimum absolute atomic E-state index is 0.331. The number of rotatable bonds is 5. The van der Waals surface area contributed by atoms with Gasteiger partial charge in [0.05, 0.1) is 4.90 Å². The summed E-state index contributed by atoms with van der Waals surface area (Å²) in [5.74, 6) is 0. The minimum atomic E-state index is -3.33. The van der Waals surface area contributed by atoms with Gasteiger partial charge in [0.15, 0.2) is 0 Å². The van der Waals surface area contributed by atoms with Gasteiger partial charge in [-0.25, -0.2) is 13.1 Å². The Morgan fingerprint density at radius 2 is 2.13 bits per heavy atom. The third-order valence-electron chi connectivity index (χ3n) is 1.90. The largest absolute Gasteiger partial charge is 0.240 e. The van der Waals surface area contributed by atoms with Crippen LogP contribution < -0.4 is 4.72 Å². The molecule has 5 heteroatoms. The van der Waals surface area contributed by atoms with Crippen molar-refractivity contribution >= 4 is 26.0 Å². The Bertz CT molecular complexity index is 417. The molecule has 0 aliphatic rings. The predicted molar refractivity (Wildman–Crippen MR) is 64.8 cm³/mol. The number of hydrogen-bond donors (Lipinski definition) is 1. The van der Waals surface area contributed by atoms with E-state index in [9.17, 15) is 8.42 Å². The van der Waals surface area contributed by atoms with E-state index in [4.69, 9.17) is 0 Å². The molecule has 0 radical (unpaired) electrons. The first kappa shape index (κ1) is 12.7. The number of aryl methyl sites for hydroxylation is 1. The molecule has 0 bridgehead atoms. The Hall–Kier alpha value is -0.390. The maximum atomic E-state index is 11.7. The normalized spacial score (nSPS) is 11.6. The Balaban J connectivity index is 2.77. The van der Waals surface area contributed by atoms with Crippen molar-refractivity contribution in [3.05, 3.63) is 29.8 Å². The highest BCUT2D eigenvalue weighted by atomic mass is 79.9. The van der Waals surface area contributed by atoms with Gasteiger partial charge >= 0.3 is 0 Å². The van der Waals surface area contributed by atoms with E-state index in [1.54, 1.807) is 18.2 Å². The molecule has 1 aromatic rings. The molecule has 0 aliphatic carbocycles. The van der Waals surface area contributed by atoms with Crippen LogP contribution in [-0.4, -0.2) is 20.3 Å². The summed E-state index contributed by atoms with van der Waals surface area (Å²) in [5, 5.41) is 0.795. The van der Waals surface area contributed by atoms with Crippen molar-refractivity contribution in [2.24, 2.45) is 0 Å². The number of benzene rings is 1. The zero-order valence-electron chi connectivity index (χ0n) is 8.53. The molecule has 0 fully saturated rings. The lowest BCUT2D eigenvalue weighted by Gasteiger charge is -2.06. The van der Waals surface area contributed by atoms with Gasteiger partial charge in [-0.2, -0.15) is 0 Å². The van der Waals surface area contributed by atoms with Gasteiger partial charge in [0, 0.05) is 11.9 Å². The monoisotopic (exact) mass is 291 g/mol. The molecule has 0 heterocycles. The summed E-state index contributed by atoms with van der Waals surface area (Å²) in [6, 6.07) is 6.88. The summed E-state index contributed by atoms with van der Waals surface area (Å²) in [4.78, 5) is 0.331. The number of sulfonamides is 1. The van der Waals surface area contributed by atoms with Crippen molar-refractivity contribution in [2.75, 3.05) is 11.9 Å². The van der Waals surface area contributed by atoms with Crippen molar-refractivity contribution in [3.8, 4) is 0 Å². The molecule has 0 saturated carbocycles. The quantitative estimate of drug-likeness (QED) is 0.667. The molecule has 0 spiro atoms. The number of hydrogen-bond acceptors (Lipinski definition) is 2. The second-order valence-electron chi connectivity index (χ2n) is 3.26.